The quantitative estimate of drug-likeness (QED) is 0.636. The minimum Gasteiger partial charge on any atom is -0.491 e. The van der Waals surface area contributed by atoms with Crippen molar-refractivity contribution < 1.29 is 29.0 Å². The Bertz CT molecular complexity index is 584. The number of methoxy groups -OCH3 is 1. The van der Waals surface area contributed by atoms with E-state index in [1.165, 1.54) is 7.11 Å². The summed E-state index contributed by atoms with van der Waals surface area (Å²) in [7, 11) is 1.27. The van der Waals surface area contributed by atoms with E-state index >= 15 is 0 Å². The number of hydrogen-bond acceptors (Lipinski definition) is 5. The fourth-order valence-corrected chi connectivity index (χ4v) is 1.95. The number of benzene rings is 1. The highest BCUT2D eigenvalue weighted by Crippen LogP contribution is 2.27. The van der Waals surface area contributed by atoms with Crippen LogP contribution in [0, 0.1) is 0 Å². The highest BCUT2D eigenvalue weighted by molar-refractivity contribution is 5.94. The molecule has 1 aromatic rings. The normalized spacial score (nSPS) is 10.1. The summed E-state index contributed by atoms with van der Waals surface area (Å²) in [5.74, 6) is -1.16. The van der Waals surface area contributed by atoms with Gasteiger partial charge in [0, 0.05) is 12.8 Å². The molecule has 0 aliphatic rings. The van der Waals surface area contributed by atoms with E-state index < -0.39 is 11.9 Å². The summed E-state index contributed by atoms with van der Waals surface area (Å²) in [6.45, 7) is 2.47. The van der Waals surface area contributed by atoms with E-state index in [1.54, 1.807) is 18.2 Å². The lowest BCUT2D eigenvalue weighted by atomic mass is 10.1. The van der Waals surface area contributed by atoms with Crippen LogP contribution in [0.4, 0.5) is 5.69 Å². The average molecular weight is 337 g/mol. The first-order valence-corrected chi connectivity index (χ1v) is 7.80. The summed E-state index contributed by atoms with van der Waals surface area (Å²) in [6, 6.07) is 5.19. The zero-order valence-corrected chi connectivity index (χ0v) is 14.0. The van der Waals surface area contributed by atoms with E-state index in [2.05, 4.69) is 10.1 Å². The minimum absolute atomic E-state index is 0.000749. The van der Waals surface area contributed by atoms with Crippen molar-refractivity contribution in [3.8, 4) is 5.75 Å². The first-order valence-electron chi connectivity index (χ1n) is 7.80. The van der Waals surface area contributed by atoms with Crippen LogP contribution in [-0.2, 0) is 25.5 Å². The topological polar surface area (TPSA) is 102 Å². The second-order valence-corrected chi connectivity index (χ2v) is 5.20. The molecule has 0 aromatic heterocycles. The van der Waals surface area contributed by atoms with Gasteiger partial charge >= 0.3 is 11.9 Å². The van der Waals surface area contributed by atoms with Crippen LogP contribution in [0.2, 0.25) is 0 Å². The number of carbonyl (C=O) groups excluding carboxylic acids is 2. The van der Waals surface area contributed by atoms with Crippen LogP contribution in [0.1, 0.15) is 38.2 Å². The number of esters is 1. The van der Waals surface area contributed by atoms with Gasteiger partial charge in [-0.05, 0) is 30.5 Å². The second-order valence-electron chi connectivity index (χ2n) is 5.20. The van der Waals surface area contributed by atoms with Gasteiger partial charge < -0.3 is 19.9 Å². The molecule has 0 radical (unpaired) electrons. The molecule has 0 spiro atoms. The van der Waals surface area contributed by atoms with Gasteiger partial charge in [-0.15, -0.1) is 0 Å². The molecule has 0 saturated carbocycles. The van der Waals surface area contributed by atoms with Crippen LogP contribution in [0.25, 0.3) is 0 Å². The highest BCUT2D eigenvalue weighted by Gasteiger charge is 2.12. The van der Waals surface area contributed by atoms with Gasteiger partial charge in [0.25, 0.3) is 0 Å². The molecule has 0 atom stereocenters. The third-order valence-electron chi connectivity index (χ3n) is 3.19. The van der Waals surface area contributed by atoms with Gasteiger partial charge in [0.2, 0.25) is 5.91 Å². The smallest absolute Gasteiger partial charge is 0.306 e. The summed E-state index contributed by atoms with van der Waals surface area (Å²) < 4.78 is 10.1. The van der Waals surface area contributed by atoms with Gasteiger partial charge in [0.1, 0.15) is 5.75 Å². The number of nitrogens with one attached hydrogen (secondary N) is 1. The molecule has 24 heavy (non-hydrogen) atoms. The van der Waals surface area contributed by atoms with E-state index in [-0.39, 0.29) is 25.2 Å². The van der Waals surface area contributed by atoms with Gasteiger partial charge in [-0.1, -0.05) is 13.0 Å². The number of aryl methyl sites for hydroxylation is 1. The van der Waals surface area contributed by atoms with Crippen LogP contribution in [0.5, 0.6) is 5.75 Å². The Kier molecular flexibility index (Phi) is 8.32. The predicted molar refractivity (Wildman–Crippen MR) is 88.1 cm³/mol. The molecule has 1 aromatic carbocycles. The van der Waals surface area contributed by atoms with Gasteiger partial charge in [0.15, 0.2) is 0 Å². The molecule has 1 rings (SSSR count). The SMILES string of the molecule is CCCOc1ccc(CCC(=O)O)cc1NC(=O)CCC(=O)OC. The first-order chi connectivity index (χ1) is 11.5. The van der Waals surface area contributed by atoms with Crippen molar-refractivity contribution in [1.82, 2.24) is 0 Å². The van der Waals surface area contributed by atoms with Gasteiger partial charge in [0.05, 0.1) is 25.8 Å². The van der Waals surface area contributed by atoms with Crippen molar-refractivity contribution in [3.63, 3.8) is 0 Å². The molecule has 132 valence electrons. The number of anilines is 1. The molecular weight excluding hydrogens is 314 g/mol. The fraction of sp³-hybridized carbons (Fsp3) is 0.471. The predicted octanol–water partition coefficient (Wildman–Crippen LogP) is 2.38. The summed E-state index contributed by atoms with van der Waals surface area (Å²) >= 11 is 0. The molecule has 0 aliphatic carbocycles. The first kappa shape index (κ1) is 19.5. The Morgan fingerprint density at radius 2 is 1.92 bits per heavy atom. The van der Waals surface area contributed by atoms with Crippen molar-refractivity contribution >= 4 is 23.5 Å². The number of hydrogen-bond donors (Lipinski definition) is 2. The molecule has 0 aliphatic heterocycles. The molecule has 7 nitrogen and oxygen atoms in total. The molecule has 2 N–H and O–H groups in total. The molecule has 7 heteroatoms. The van der Waals surface area contributed by atoms with Gasteiger partial charge in [-0.3, -0.25) is 14.4 Å². The number of carboxylic acid groups (broad SMARTS) is 1. The van der Waals surface area contributed by atoms with Crippen molar-refractivity contribution in [2.45, 2.75) is 39.0 Å². The summed E-state index contributed by atoms with van der Waals surface area (Å²) in [4.78, 5) is 33.7. The Morgan fingerprint density at radius 3 is 2.54 bits per heavy atom. The van der Waals surface area contributed by atoms with E-state index in [0.717, 1.165) is 12.0 Å². The summed E-state index contributed by atoms with van der Waals surface area (Å²) in [6.07, 6.45) is 1.17. The lowest BCUT2D eigenvalue weighted by Crippen LogP contribution is -2.15. The molecule has 0 heterocycles. The average Bonchev–Trinajstić information content (AvgIpc) is 2.56. The van der Waals surface area contributed by atoms with Gasteiger partial charge in [-0.2, -0.15) is 0 Å². The Balaban J connectivity index is 2.81. The van der Waals surface area contributed by atoms with Crippen LogP contribution < -0.4 is 10.1 Å². The monoisotopic (exact) mass is 337 g/mol. The maximum Gasteiger partial charge on any atom is 0.306 e. The summed E-state index contributed by atoms with van der Waals surface area (Å²) in [5.41, 5.74) is 1.26. The number of amides is 1. The van der Waals surface area contributed by atoms with Gasteiger partial charge in [-0.25, -0.2) is 0 Å². The Labute approximate surface area is 141 Å². The largest absolute Gasteiger partial charge is 0.491 e. The lowest BCUT2D eigenvalue weighted by molar-refractivity contribution is -0.141. The van der Waals surface area contributed by atoms with E-state index in [1.807, 2.05) is 6.92 Å². The van der Waals surface area contributed by atoms with Crippen LogP contribution in [0.15, 0.2) is 18.2 Å². The van der Waals surface area contributed by atoms with Crippen molar-refractivity contribution in [1.29, 1.82) is 0 Å². The molecule has 0 saturated heterocycles. The third kappa shape index (κ3) is 7.13. The van der Waals surface area contributed by atoms with Crippen LogP contribution in [-0.4, -0.2) is 36.7 Å². The van der Waals surface area contributed by atoms with E-state index in [9.17, 15) is 14.4 Å². The number of carbonyl (C=O) groups is 3. The van der Waals surface area contributed by atoms with Crippen molar-refractivity contribution in [2.24, 2.45) is 0 Å². The van der Waals surface area contributed by atoms with Crippen molar-refractivity contribution in [3.05, 3.63) is 23.8 Å². The Morgan fingerprint density at radius 1 is 1.17 bits per heavy atom. The van der Waals surface area contributed by atoms with Crippen LogP contribution in [0.3, 0.4) is 0 Å². The molecule has 0 unspecified atom stereocenters. The highest BCUT2D eigenvalue weighted by atomic mass is 16.5. The number of aliphatic carboxylic acids is 1. The van der Waals surface area contributed by atoms with E-state index in [4.69, 9.17) is 9.84 Å². The Hall–Kier alpha value is -2.57. The standard InChI is InChI=1S/C17H23NO6/c1-3-10-24-14-6-4-12(5-8-16(20)21)11-13(14)18-15(19)7-9-17(22)23-2/h4,6,11H,3,5,7-10H2,1-2H3,(H,18,19)(H,20,21). The number of carboxylic acids is 1. The molecule has 1 amide bonds. The molecule has 0 fully saturated rings. The third-order valence-corrected chi connectivity index (χ3v) is 3.19. The molecule has 0 bridgehead atoms. The zero-order chi connectivity index (χ0) is 17.9. The summed E-state index contributed by atoms with van der Waals surface area (Å²) in [5, 5.41) is 11.5. The fourth-order valence-electron chi connectivity index (χ4n) is 1.95. The van der Waals surface area contributed by atoms with Crippen molar-refractivity contribution in [2.75, 3.05) is 19.0 Å². The van der Waals surface area contributed by atoms with E-state index in [0.29, 0.717) is 24.5 Å². The zero-order valence-electron chi connectivity index (χ0n) is 14.0. The number of ether oxygens (including phenoxy) is 2. The minimum atomic E-state index is -0.884. The maximum absolute atomic E-state index is 12.0. The molecular formula is C17H23NO6. The maximum atomic E-state index is 12.0. The second kappa shape index (κ2) is 10.3. The van der Waals surface area contributed by atoms with Crippen LogP contribution >= 0.6 is 0 Å². The number of rotatable bonds is 10. The lowest BCUT2D eigenvalue weighted by Gasteiger charge is -2.13.